The number of halogens is 1. The van der Waals surface area contributed by atoms with E-state index in [0.717, 1.165) is 11.1 Å². The molecule has 3 heterocycles. The highest BCUT2D eigenvalue weighted by Gasteiger charge is 2.42. The summed E-state index contributed by atoms with van der Waals surface area (Å²) in [5.41, 5.74) is 7.60. The summed E-state index contributed by atoms with van der Waals surface area (Å²) in [5.74, 6) is -0.427. The maximum absolute atomic E-state index is 13.3. The van der Waals surface area contributed by atoms with E-state index in [1.807, 2.05) is 0 Å². The molecule has 2 aromatic rings. The lowest BCUT2D eigenvalue weighted by atomic mass is 10.1. The van der Waals surface area contributed by atoms with E-state index in [2.05, 4.69) is 15.8 Å². The van der Waals surface area contributed by atoms with Crippen LogP contribution in [0.1, 0.15) is 17.2 Å². The lowest BCUT2D eigenvalue weighted by Crippen LogP contribution is -2.53. The summed E-state index contributed by atoms with van der Waals surface area (Å²) in [6.45, 7) is 1.51. The first-order valence-corrected chi connectivity index (χ1v) is 11.3. The molecule has 2 N–H and O–H groups in total. The number of aromatic nitrogens is 1. The highest BCUT2D eigenvalue weighted by Crippen LogP contribution is 2.27. The third-order valence-corrected chi connectivity index (χ3v) is 7.89. The summed E-state index contributed by atoms with van der Waals surface area (Å²) in [5, 5.41) is -0.638. The second-order valence-corrected chi connectivity index (χ2v) is 9.60. The van der Waals surface area contributed by atoms with Crippen LogP contribution in [0.5, 0.6) is 0 Å². The molecule has 0 radical (unpaired) electrons. The lowest BCUT2D eigenvalue weighted by Gasteiger charge is -2.36. The smallest absolute Gasteiger partial charge is 0.227 e. The molecule has 2 unspecified atom stereocenters. The average molecular weight is 434 g/mol. The molecule has 1 aromatic carbocycles. The summed E-state index contributed by atoms with van der Waals surface area (Å²) in [4.78, 5) is 18.2. The van der Waals surface area contributed by atoms with E-state index in [1.165, 1.54) is 16.4 Å². The number of nitrogens with one attached hydrogen (secondary N) is 2. The fraction of sp³-hybridized carbons (Fsp3) is 0.400. The Bertz CT molecular complexity index is 979. The van der Waals surface area contributed by atoms with Crippen LogP contribution in [0.2, 0.25) is 0 Å². The molecule has 0 saturated carbocycles. The summed E-state index contributed by atoms with van der Waals surface area (Å²) < 4.78 is 41.0. The van der Waals surface area contributed by atoms with E-state index < -0.39 is 15.3 Å². The molecule has 1 aromatic heterocycles. The van der Waals surface area contributed by atoms with Gasteiger partial charge in [0.2, 0.25) is 15.9 Å². The van der Waals surface area contributed by atoms with E-state index in [0.29, 0.717) is 19.6 Å². The monoisotopic (exact) mass is 433 g/mol. The normalized spacial score (nSPS) is 22.9. The van der Waals surface area contributed by atoms with Crippen LogP contribution in [0.3, 0.4) is 0 Å². The number of rotatable bonds is 5. The predicted molar refractivity (Wildman–Crippen MR) is 109 cm³/mol. The van der Waals surface area contributed by atoms with Crippen LogP contribution >= 0.6 is 0 Å². The Morgan fingerprint density at radius 1 is 1.07 bits per heavy atom. The molecular formula is C20H24FN5O3S. The number of sulfonamides is 1. The van der Waals surface area contributed by atoms with Gasteiger partial charge in [0.05, 0.1) is 12.5 Å². The van der Waals surface area contributed by atoms with Gasteiger partial charge in [0.25, 0.3) is 0 Å². The fourth-order valence-electron chi connectivity index (χ4n) is 3.90. The van der Waals surface area contributed by atoms with Gasteiger partial charge >= 0.3 is 0 Å². The molecule has 8 nitrogen and oxygen atoms in total. The molecule has 2 atom stereocenters. The third kappa shape index (κ3) is 4.36. The Balaban J connectivity index is 1.38. The quantitative estimate of drug-likeness (QED) is 0.711. The van der Waals surface area contributed by atoms with Gasteiger partial charge in [-0.05, 0) is 35.4 Å². The van der Waals surface area contributed by atoms with Crippen LogP contribution in [0.25, 0.3) is 0 Å². The van der Waals surface area contributed by atoms with Gasteiger partial charge in [0.15, 0.2) is 0 Å². The number of carbonyl (C=O) groups excluding carboxylic acids is 1. The number of hydrogen-bond acceptors (Lipinski definition) is 6. The zero-order valence-corrected chi connectivity index (χ0v) is 17.2. The Kier molecular flexibility index (Phi) is 6.09. The second kappa shape index (κ2) is 8.76. The lowest BCUT2D eigenvalue weighted by molar-refractivity contribution is -0.131. The maximum atomic E-state index is 13.3. The molecule has 0 spiro atoms. The summed E-state index contributed by atoms with van der Waals surface area (Å²) in [6, 6.07) is 9.08. The van der Waals surface area contributed by atoms with Crippen molar-refractivity contribution < 1.29 is 17.6 Å². The first kappa shape index (κ1) is 20.9. The molecule has 2 saturated heterocycles. The van der Waals surface area contributed by atoms with Crippen LogP contribution in [-0.2, 0) is 21.2 Å². The summed E-state index contributed by atoms with van der Waals surface area (Å²) >= 11 is 0. The van der Waals surface area contributed by atoms with Crippen LogP contribution in [0.4, 0.5) is 4.39 Å². The van der Waals surface area contributed by atoms with Crippen molar-refractivity contribution in [3.8, 4) is 0 Å². The van der Waals surface area contributed by atoms with E-state index >= 15 is 0 Å². The molecule has 0 aliphatic carbocycles. The second-order valence-electron chi connectivity index (χ2n) is 7.45. The zero-order chi connectivity index (χ0) is 21.1. The van der Waals surface area contributed by atoms with E-state index in [9.17, 15) is 17.6 Å². The molecule has 2 fully saturated rings. The molecule has 4 rings (SSSR count). The number of hydrogen-bond donors (Lipinski definition) is 2. The van der Waals surface area contributed by atoms with Gasteiger partial charge in [-0.1, -0.05) is 12.1 Å². The van der Waals surface area contributed by atoms with Crippen molar-refractivity contribution in [1.29, 1.82) is 0 Å². The van der Waals surface area contributed by atoms with Crippen LogP contribution in [-0.4, -0.2) is 66.5 Å². The average Bonchev–Trinajstić information content (AvgIpc) is 3.27. The standard InChI is InChI=1S/C20H24FN5O3S/c21-17-3-1-15(2-4-17)13-19(27)25-9-11-26(12-10-25)30(28,29)18-14-23-24-20(18)16-5-7-22-8-6-16/h1-8,18,20,23-24H,9-14H2. The summed E-state index contributed by atoms with van der Waals surface area (Å²) in [6.07, 6.45) is 3.46. The molecule has 160 valence electrons. The zero-order valence-electron chi connectivity index (χ0n) is 16.4. The van der Waals surface area contributed by atoms with E-state index in [-0.39, 0.29) is 37.3 Å². The molecule has 2 aliphatic rings. The van der Waals surface area contributed by atoms with Gasteiger partial charge in [0, 0.05) is 45.1 Å². The largest absolute Gasteiger partial charge is 0.340 e. The first-order chi connectivity index (χ1) is 14.4. The first-order valence-electron chi connectivity index (χ1n) is 9.84. The highest BCUT2D eigenvalue weighted by molar-refractivity contribution is 7.89. The molecule has 1 amide bonds. The van der Waals surface area contributed by atoms with Crippen molar-refractivity contribution in [3.63, 3.8) is 0 Å². The number of piperazine rings is 1. The Hall–Kier alpha value is -2.40. The van der Waals surface area contributed by atoms with Crippen LogP contribution in [0, 0.1) is 5.82 Å². The molecular weight excluding hydrogens is 409 g/mol. The predicted octanol–water partition coefficient (Wildman–Crippen LogP) is 0.455. The SMILES string of the molecule is O=C(Cc1ccc(F)cc1)N1CCN(S(=O)(=O)C2CNNC2c2ccncc2)CC1. The number of hydrazine groups is 1. The minimum Gasteiger partial charge on any atom is -0.340 e. The van der Waals surface area contributed by atoms with Gasteiger partial charge < -0.3 is 4.90 Å². The van der Waals surface area contributed by atoms with E-state index in [4.69, 9.17) is 0 Å². The van der Waals surface area contributed by atoms with Crippen molar-refractivity contribution in [1.82, 2.24) is 25.0 Å². The van der Waals surface area contributed by atoms with Crippen molar-refractivity contribution in [2.75, 3.05) is 32.7 Å². The minimum atomic E-state index is -3.56. The molecule has 10 heteroatoms. The van der Waals surface area contributed by atoms with Crippen molar-refractivity contribution >= 4 is 15.9 Å². The van der Waals surface area contributed by atoms with Crippen molar-refractivity contribution in [2.24, 2.45) is 0 Å². The Morgan fingerprint density at radius 3 is 2.40 bits per heavy atom. The number of carbonyl (C=O) groups is 1. The number of amides is 1. The molecule has 2 aliphatic heterocycles. The minimum absolute atomic E-state index is 0.0856. The van der Waals surface area contributed by atoms with Gasteiger partial charge in [-0.15, -0.1) is 0 Å². The highest BCUT2D eigenvalue weighted by atomic mass is 32.2. The van der Waals surface area contributed by atoms with Gasteiger partial charge in [0.1, 0.15) is 11.1 Å². The van der Waals surface area contributed by atoms with Crippen LogP contribution < -0.4 is 10.9 Å². The number of pyridine rings is 1. The van der Waals surface area contributed by atoms with Gasteiger partial charge in [-0.3, -0.25) is 15.2 Å². The fourth-order valence-corrected chi connectivity index (χ4v) is 5.82. The third-order valence-electron chi connectivity index (χ3n) is 5.60. The van der Waals surface area contributed by atoms with Gasteiger partial charge in [-0.25, -0.2) is 18.2 Å². The van der Waals surface area contributed by atoms with Crippen LogP contribution in [0.15, 0.2) is 48.8 Å². The van der Waals surface area contributed by atoms with Gasteiger partial charge in [-0.2, -0.15) is 4.31 Å². The number of benzene rings is 1. The Morgan fingerprint density at radius 2 is 1.73 bits per heavy atom. The number of nitrogens with zero attached hydrogens (tertiary/aromatic N) is 3. The Labute approximate surface area is 175 Å². The van der Waals surface area contributed by atoms with E-state index in [1.54, 1.807) is 41.6 Å². The van der Waals surface area contributed by atoms with Crippen molar-refractivity contribution in [3.05, 3.63) is 65.7 Å². The maximum Gasteiger partial charge on any atom is 0.227 e. The molecule has 0 bridgehead atoms. The topological polar surface area (TPSA) is 94.6 Å². The summed E-state index contributed by atoms with van der Waals surface area (Å²) in [7, 11) is -3.56. The van der Waals surface area contributed by atoms with Crippen molar-refractivity contribution in [2.45, 2.75) is 17.7 Å². The molecule has 30 heavy (non-hydrogen) atoms.